The molecule has 0 aliphatic rings. The van der Waals surface area contributed by atoms with Crippen LogP contribution in [0.5, 0.6) is 0 Å². The van der Waals surface area contributed by atoms with Crippen LogP contribution in [-0.2, 0) is 4.74 Å². The zero-order valence-electron chi connectivity index (χ0n) is 3.79. The van der Waals surface area contributed by atoms with Gasteiger partial charge in [0.05, 0.1) is 7.11 Å². The number of nitrogens with zero attached hydrogens (tertiary/aromatic N) is 2. The first-order chi connectivity index (χ1) is 3.31. The molecule has 0 rings (SSSR count). The lowest BCUT2D eigenvalue weighted by molar-refractivity contribution is 0.406. The first-order valence-electron chi connectivity index (χ1n) is 1.50. The van der Waals surface area contributed by atoms with Gasteiger partial charge >= 0.3 is 5.17 Å². The Bertz CT molecular complexity index is 90.9. The third-order valence-electron chi connectivity index (χ3n) is 0.314. The van der Waals surface area contributed by atoms with E-state index in [9.17, 15) is 0 Å². The zero-order valence-corrected chi connectivity index (χ0v) is 4.60. The molecule has 0 aliphatic carbocycles. The van der Waals surface area contributed by atoms with Crippen LogP contribution in [0, 0.1) is 0 Å². The molecule has 0 amide bonds. The highest BCUT2D eigenvalue weighted by atomic mass is 32.1. The van der Waals surface area contributed by atoms with Crippen molar-refractivity contribution in [1.82, 2.24) is 0 Å². The minimum Gasteiger partial charge on any atom is -0.472 e. The molecule has 0 aromatic rings. The van der Waals surface area contributed by atoms with Gasteiger partial charge in [0, 0.05) is 0 Å². The smallest absolute Gasteiger partial charge is 0.303 e. The van der Waals surface area contributed by atoms with Gasteiger partial charge in [0.15, 0.2) is 0 Å². The Morgan fingerprint density at radius 3 is 2.57 bits per heavy atom. The van der Waals surface area contributed by atoms with E-state index < -0.39 is 0 Å². The molecule has 5 heteroatoms. The first kappa shape index (κ1) is 6.29. The summed E-state index contributed by atoms with van der Waals surface area (Å²) in [6.45, 7) is 0. The number of rotatable bonds is 0. The van der Waals surface area contributed by atoms with E-state index in [1.54, 1.807) is 0 Å². The van der Waals surface area contributed by atoms with Gasteiger partial charge in [-0.25, -0.2) is 0 Å². The van der Waals surface area contributed by atoms with Crippen molar-refractivity contribution in [2.45, 2.75) is 0 Å². The lowest BCUT2D eigenvalue weighted by Gasteiger charge is -1.86. The normalized spacial score (nSPS) is 9.29. The van der Waals surface area contributed by atoms with Crippen LogP contribution in [0.3, 0.4) is 0 Å². The molecule has 0 atom stereocenters. The van der Waals surface area contributed by atoms with Gasteiger partial charge in [-0.15, -0.1) is 0 Å². The van der Waals surface area contributed by atoms with E-state index in [0.717, 1.165) is 0 Å². The van der Waals surface area contributed by atoms with Gasteiger partial charge in [0.25, 0.3) is 0 Å². The van der Waals surface area contributed by atoms with E-state index in [1.807, 2.05) is 0 Å². The minimum absolute atomic E-state index is 0.0440. The molecule has 0 spiro atoms. The van der Waals surface area contributed by atoms with E-state index in [4.69, 9.17) is 0 Å². The van der Waals surface area contributed by atoms with E-state index in [-0.39, 0.29) is 5.17 Å². The maximum absolute atomic E-state index is 4.60. The van der Waals surface area contributed by atoms with Crippen molar-refractivity contribution < 1.29 is 4.74 Å². The maximum atomic E-state index is 4.60. The van der Waals surface area contributed by atoms with Crippen molar-refractivity contribution in [3.8, 4) is 0 Å². The Morgan fingerprint density at radius 1 is 1.86 bits per heavy atom. The minimum atomic E-state index is 0.0440. The molecule has 0 aromatic heterocycles. The number of hydrogen-bond donors (Lipinski definition) is 1. The average molecular weight is 119 g/mol. The maximum Gasteiger partial charge on any atom is 0.303 e. The molecule has 0 radical (unpaired) electrons. The second-order valence-corrected chi connectivity index (χ2v) is 1.03. The molecule has 0 saturated heterocycles. The lowest BCUT2D eigenvalue weighted by Crippen LogP contribution is -1.91. The van der Waals surface area contributed by atoms with E-state index in [0.29, 0.717) is 0 Å². The van der Waals surface area contributed by atoms with Crippen LogP contribution in [0.25, 0.3) is 0 Å². The molecule has 0 fully saturated rings. The topological polar surface area (TPSA) is 60.0 Å². The van der Waals surface area contributed by atoms with Crippen molar-refractivity contribution >= 4 is 17.4 Å². The highest BCUT2D eigenvalue weighted by Gasteiger charge is 1.81. The van der Waals surface area contributed by atoms with Gasteiger partial charge in [-0.2, -0.15) is 0 Å². The molecule has 4 nitrogen and oxygen atoms in total. The van der Waals surface area contributed by atoms with E-state index >= 15 is 0 Å². The Morgan fingerprint density at radius 2 is 2.43 bits per heavy atom. The fraction of sp³-hybridized carbons (Fsp3) is 0.500. The van der Waals surface area contributed by atoms with Crippen LogP contribution in [0.1, 0.15) is 0 Å². The summed E-state index contributed by atoms with van der Waals surface area (Å²) < 4.78 is 4.38. The summed E-state index contributed by atoms with van der Waals surface area (Å²) in [5.41, 5.74) is 0. The molecule has 2 N–H and O–H groups in total. The highest BCUT2D eigenvalue weighted by molar-refractivity contribution is 7.80. The van der Waals surface area contributed by atoms with Gasteiger partial charge in [-0.3, -0.25) is 0 Å². The Balaban J connectivity index is 3.37. The third-order valence-corrected chi connectivity index (χ3v) is 0.562. The van der Waals surface area contributed by atoms with Crippen LogP contribution in [0.2, 0.25) is 0 Å². The Hall–Kier alpha value is -0.710. The molecule has 0 heterocycles. The van der Waals surface area contributed by atoms with Crippen LogP contribution in [0.15, 0.2) is 10.3 Å². The van der Waals surface area contributed by atoms with Crippen LogP contribution in [-0.4, -0.2) is 12.3 Å². The monoisotopic (exact) mass is 119 g/mol. The van der Waals surface area contributed by atoms with Crippen molar-refractivity contribution in [3.05, 3.63) is 0 Å². The van der Waals surface area contributed by atoms with Gasteiger partial charge in [0.1, 0.15) is 0 Å². The van der Waals surface area contributed by atoms with E-state index in [2.05, 4.69) is 33.1 Å². The standard InChI is InChI=1S/C2H5N3OS/c1-6-2(7)4-5-3/h1H3,(H2,3,4,7). The molecule has 0 aliphatic heterocycles. The predicted octanol–water partition coefficient (Wildman–Crippen LogP) is 0.244. The molecule has 0 saturated carbocycles. The zero-order chi connectivity index (χ0) is 5.70. The summed E-state index contributed by atoms with van der Waals surface area (Å²) >= 11 is 4.39. The molecule has 0 aromatic carbocycles. The molecular weight excluding hydrogens is 114 g/mol. The Kier molecular flexibility index (Phi) is 3.13. The third kappa shape index (κ3) is 3.11. The summed E-state index contributed by atoms with van der Waals surface area (Å²) in [6.07, 6.45) is 0. The first-order valence-corrected chi connectivity index (χ1v) is 1.91. The second kappa shape index (κ2) is 3.48. The number of hydrogen-bond acceptors (Lipinski definition) is 3. The quantitative estimate of drug-likeness (QED) is 0.215. The van der Waals surface area contributed by atoms with Gasteiger partial charge in [0.2, 0.25) is 0 Å². The lowest BCUT2D eigenvalue weighted by atomic mass is 11.3. The summed E-state index contributed by atoms with van der Waals surface area (Å²) in [4.78, 5) is 0. The van der Waals surface area contributed by atoms with Crippen LogP contribution in [0.4, 0.5) is 0 Å². The van der Waals surface area contributed by atoms with Crippen LogP contribution < -0.4 is 5.84 Å². The summed E-state index contributed by atoms with van der Waals surface area (Å²) in [6, 6.07) is 0. The largest absolute Gasteiger partial charge is 0.472 e. The SMILES string of the molecule is COC(=S)N=NN. The number of ether oxygens (including phenoxy) is 1. The van der Waals surface area contributed by atoms with Crippen molar-refractivity contribution in [3.63, 3.8) is 0 Å². The molecule has 0 unspecified atom stereocenters. The summed E-state index contributed by atoms with van der Waals surface area (Å²) in [5.74, 6) is 4.60. The number of nitrogens with two attached hydrogens (primary N) is 1. The average Bonchev–Trinajstić information content (AvgIpc) is 1.68. The highest BCUT2D eigenvalue weighted by Crippen LogP contribution is 1.77. The molecular formula is C2H5N3OS. The van der Waals surface area contributed by atoms with Gasteiger partial charge in [-0.05, 0) is 12.2 Å². The van der Waals surface area contributed by atoms with Gasteiger partial charge in [-0.1, -0.05) is 10.3 Å². The summed E-state index contributed by atoms with van der Waals surface area (Å²) in [5, 5.41) is 6.06. The number of methoxy groups -OCH3 is 1. The van der Waals surface area contributed by atoms with E-state index in [1.165, 1.54) is 7.11 Å². The predicted molar refractivity (Wildman–Crippen MR) is 28.7 cm³/mol. The number of thiocarbonyl (C=S) groups is 1. The molecule has 7 heavy (non-hydrogen) atoms. The fourth-order valence-electron chi connectivity index (χ4n) is 0.0880. The van der Waals surface area contributed by atoms with Gasteiger partial charge < -0.3 is 10.6 Å². The fourth-order valence-corrected chi connectivity index (χ4v) is 0.135. The van der Waals surface area contributed by atoms with Crippen molar-refractivity contribution in [1.29, 1.82) is 0 Å². The second-order valence-electron chi connectivity index (χ2n) is 0.686. The van der Waals surface area contributed by atoms with Crippen molar-refractivity contribution in [2.75, 3.05) is 7.11 Å². The molecule has 40 valence electrons. The van der Waals surface area contributed by atoms with Crippen molar-refractivity contribution in [2.24, 2.45) is 16.2 Å². The summed E-state index contributed by atoms with van der Waals surface area (Å²) in [7, 11) is 1.40. The van der Waals surface area contributed by atoms with Crippen LogP contribution >= 0.6 is 12.2 Å². The molecule has 0 bridgehead atoms. The Labute approximate surface area is 46.3 Å².